The number of hydrogen-bond acceptors (Lipinski definition) is 5. The highest BCUT2D eigenvalue weighted by atomic mass is 32.2. The van der Waals surface area contributed by atoms with Gasteiger partial charge in [-0.3, -0.25) is 0 Å². The summed E-state index contributed by atoms with van der Waals surface area (Å²) in [7, 11) is -3.54. The number of nitrogens with zero attached hydrogens (tertiary/aromatic N) is 2. The lowest BCUT2D eigenvalue weighted by Gasteiger charge is -2.09. The van der Waals surface area contributed by atoms with Gasteiger partial charge in [0, 0.05) is 12.5 Å². The van der Waals surface area contributed by atoms with E-state index in [0.29, 0.717) is 6.54 Å². The van der Waals surface area contributed by atoms with Crippen LogP contribution in [0.25, 0.3) is 10.2 Å². The predicted octanol–water partition coefficient (Wildman–Crippen LogP) is 2.10. The molecule has 0 aliphatic rings. The number of imidazole rings is 1. The number of para-hydroxylation sites is 1. The maximum absolute atomic E-state index is 12.0. The van der Waals surface area contributed by atoms with Gasteiger partial charge in [-0.2, -0.15) is 0 Å². The molecule has 1 atom stereocenters. The molecule has 2 heterocycles. The van der Waals surface area contributed by atoms with Crippen molar-refractivity contribution in [1.29, 1.82) is 0 Å². The second kappa shape index (κ2) is 5.55. The number of H-pyrrole nitrogens is 1. The van der Waals surface area contributed by atoms with Crippen LogP contribution in [0.2, 0.25) is 0 Å². The Hall–Kier alpha value is -1.77. The second-order valence-electron chi connectivity index (χ2n) is 4.69. The number of fused-ring (bicyclic) bond motifs is 1. The first-order valence-corrected chi connectivity index (χ1v) is 8.70. The average Bonchev–Trinajstić information content (AvgIpc) is 3.13. The number of thiazole rings is 1. The molecule has 0 spiro atoms. The van der Waals surface area contributed by atoms with Crippen LogP contribution in [0.1, 0.15) is 17.8 Å². The van der Waals surface area contributed by atoms with Gasteiger partial charge >= 0.3 is 0 Å². The molecule has 0 amide bonds. The van der Waals surface area contributed by atoms with Gasteiger partial charge in [0.05, 0.1) is 27.7 Å². The zero-order valence-electron chi connectivity index (χ0n) is 11.3. The first-order chi connectivity index (χ1) is 10.1. The molecule has 3 rings (SSSR count). The Morgan fingerprint density at radius 1 is 1.38 bits per heavy atom. The normalized spacial score (nSPS) is 13.6. The van der Waals surface area contributed by atoms with Crippen molar-refractivity contribution < 1.29 is 8.42 Å². The van der Waals surface area contributed by atoms with Crippen molar-refractivity contribution in [3.05, 3.63) is 41.8 Å². The molecule has 0 radical (unpaired) electrons. The summed E-state index contributed by atoms with van der Waals surface area (Å²) in [4.78, 5) is 10.8. The van der Waals surface area contributed by atoms with E-state index in [9.17, 15) is 8.42 Å². The second-order valence-corrected chi connectivity index (χ2v) is 7.49. The highest BCUT2D eigenvalue weighted by Gasteiger charge is 2.18. The third-order valence-electron chi connectivity index (χ3n) is 3.07. The van der Waals surface area contributed by atoms with E-state index in [2.05, 4.69) is 19.7 Å². The van der Waals surface area contributed by atoms with Crippen molar-refractivity contribution in [3.63, 3.8) is 0 Å². The topological polar surface area (TPSA) is 87.7 Å². The van der Waals surface area contributed by atoms with Crippen molar-refractivity contribution >= 4 is 31.6 Å². The van der Waals surface area contributed by atoms with Crippen molar-refractivity contribution in [1.82, 2.24) is 19.7 Å². The van der Waals surface area contributed by atoms with Crippen LogP contribution in [0.15, 0.2) is 41.8 Å². The first kappa shape index (κ1) is 14.2. The van der Waals surface area contributed by atoms with E-state index in [1.165, 1.54) is 12.5 Å². The third kappa shape index (κ3) is 2.97. The van der Waals surface area contributed by atoms with Crippen LogP contribution in [0.5, 0.6) is 0 Å². The van der Waals surface area contributed by atoms with Gasteiger partial charge in [-0.15, -0.1) is 11.3 Å². The Morgan fingerprint density at radius 2 is 2.19 bits per heavy atom. The van der Waals surface area contributed by atoms with E-state index < -0.39 is 10.0 Å². The van der Waals surface area contributed by atoms with Crippen LogP contribution < -0.4 is 4.72 Å². The SMILES string of the molecule is CC(CNS(=O)(=O)c1cnc[nH]1)c1nc2ccccc2s1. The molecule has 110 valence electrons. The van der Waals surface area contributed by atoms with E-state index in [-0.39, 0.29) is 10.9 Å². The highest BCUT2D eigenvalue weighted by Crippen LogP contribution is 2.27. The number of benzene rings is 1. The number of hydrogen-bond donors (Lipinski definition) is 2. The quantitative estimate of drug-likeness (QED) is 0.753. The molecule has 8 heteroatoms. The molecule has 0 saturated carbocycles. The van der Waals surface area contributed by atoms with Gasteiger partial charge < -0.3 is 4.98 Å². The van der Waals surface area contributed by atoms with E-state index in [0.717, 1.165) is 15.2 Å². The molecule has 1 unspecified atom stereocenters. The van der Waals surface area contributed by atoms with Crippen molar-refractivity contribution in [3.8, 4) is 0 Å². The monoisotopic (exact) mass is 322 g/mol. The van der Waals surface area contributed by atoms with Crippen molar-refractivity contribution in [2.45, 2.75) is 17.9 Å². The average molecular weight is 322 g/mol. The third-order valence-corrected chi connectivity index (χ3v) is 5.69. The van der Waals surface area contributed by atoms with E-state index >= 15 is 0 Å². The fourth-order valence-corrected chi connectivity index (χ4v) is 3.94. The molecule has 2 N–H and O–H groups in total. The number of rotatable bonds is 5. The van der Waals surface area contributed by atoms with Gasteiger partial charge in [0.2, 0.25) is 0 Å². The zero-order valence-corrected chi connectivity index (χ0v) is 12.9. The summed E-state index contributed by atoms with van der Waals surface area (Å²) in [5, 5.41) is 0.988. The molecule has 0 saturated heterocycles. The Kier molecular flexibility index (Phi) is 3.75. The fraction of sp³-hybridized carbons (Fsp3) is 0.231. The van der Waals surface area contributed by atoms with Crippen LogP contribution in [-0.4, -0.2) is 29.9 Å². The summed E-state index contributed by atoms with van der Waals surface area (Å²) in [5.41, 5.74) is 0.945. The lowest BCUT2D eigenvalue weighted by Crippen LogP contribution is -2.27. The zero-order chi connectivity index (χ0) is 14.9. The largest absolute Gasteiger partial charge is 0.335 e. The van der Waals surface area contributed by atoms with E-state index in [1.54, 1.807) is 11.3 Å². The Balaban J connectivity index is 1.73. The summed E-state index contributed by atoms with van der Waals surface area (Å²) >= 11 is 1.59. The summed E-state index contributed by atoms with van der Waals surface area (Å²) in [5.74, 6) is 0.0000893. The Labute approximate surface area is 126 Å². The first-order valence-electron chi connectivity index (χ1n) is 6.40. The van der Waals surface area contributed by atoms with Gasteiger partial charge in [-0.05, 0) is 12.1 Å². The van der Waals surface area contributed by atoms with Gasteiger partial charge in [0.25, 0.3) is 10.0 Å². The number of aromatic nitrogens is 3. The number of aromatic amines is 1. The van der Waals surface area contributed by atoms with Gasteiger partial charge in [0.15, 0.2) is 5.03 Å². The molecule has 6 nitrogen and oxygen atoms in total. The standard InChI is InChI=1S/C13H14N4O2S2/c1-9(6-16-21(18,19)12-7-14-8-15-12)13-17-10-4-2-3-5-11(10)20-13/h2-5,7-9,16H,6H2,1H3,(H,14,15). The van der Waals surface area contributed by atoms with E-state index in [1.807, 2.05) is 31.2 Å². The minimum Gasteiger partial charge on any atom is -0.335 e. The Morgan fingerprint density at radius 3 is 2.90 bits per heavy atom. The summed E-state index contributed by atoms with van der Waals surface area (Å²) in [6, 6.07) is 7.88. The summed E-state index contributed by atoms with van der Waals surface area (Å²) < 4.78 is 27.7. The highest BCUT2D eigenvalue weighted by molar-refractivity contribution is 7.89. The van der Waals surface area contributed by atoms with Crippen molar-refractivity contribution in [2.24, 2.45) is 0 Å². The van der Waals surface area contributed by atoms with Crippen LogP contribution >= 0.6 is 11.3 Å². The van der Waals surface area contributed by atoms with Gasteiger partial charge in [-0.25, -0.2) is 23.1 Å². The maximum Gasteiger partial charge on any atom is 0.257 e. The molecule has 1 aromatic carbocycles. The van der Waals surface area contributed by atoms with Crippen LogP contribution in [0.3, 0.4) is 0 Å². The minimum absolute atomic E-state index is 0.0000893. The maximum atomic E-state index is 12.0. The fourth-order valence-electron chi connectivity index (χ4n) is 1.89. The molecule has 2 aromatic heterocycles. The molecular weight excluding hydrogens is 308 g/mol. The predicted molar refractivity (Wildman–Crippen MR) is 81.8 cm³/mol. The molecule has 21 heavy (non-hydrogen) atoms. The lowest BCUT2D eigenvalue weighted by molar-refractivity contribution is 0.571. The number of nitrogens with one attached hydrogen (secondary N) is 2. The van der Waals surface area contributed by atoms with Crippen LogP contribution in [0, 0.1) is 0 Å². The molecule has 0 aliphatic carbocycles. The van der Waals surface area contributed by atoms with E-state index in [4.69, 9.17) is 0 Å². The molecule has 0 bridgehead atoms. The van der Waals surface area contributed by atoms with Crippen molar-refractivity contribution in [2.75, 3.05) is 6.54 Å². The molecule has 3 aromatic rings. The summed E-state index contributed by atoms with van der Waals surface area (Å²) in [6.45, 7) is 2.24. The molecule has 0 fully saturated rings. The van der Waals surface area contributed by atoms with Crippen LogP contribution in [0.4, 0.5) is 0 Å². The van der Waals surface area contributed by atoms with Crippen LogP contribution in [-0.2, 0) is 10.0 Å². The Bertz CT molecular complexity index is 807. The molecular formula is C13H14N4O2S2. The lowest BCUT2D eigenvalue weighted by atomic mass is 10.2. The minimum atomic E-state index is -3.54. The number of sulfonamides is 1. The van der Waals surface area contributed by atoms with Gasteiger partial charge in [0.1, 0.15) is 0 Å². The summed E-state index contributed by atoms with van der Waals surface area (Å²) in [6.07, 6.45) is 2.62. The van der Waals surface area contributed by atoms with Gasteiger partial charge in [-0.1, -0.05) is 19.1 Å². The molecule has 0 aliphatic heterocycles. The smallest absolute Gasteiger partial charge is 0.257 e.